The van der Waals surface area contributed by atoms with Crippen molar-refractivity contribution in [3.05, 3.63) is 24.3 Å². The average molecular weight is 278 g/mol. The predicted molar refractivity (Wildman–Crippen MR) is 79.2 cm³/mol. The number of nitrogens with zero attached hydrogens (tertiary/aromatic N) is 1. The number of carbonyl (C=O) groups excluding carboxylic acids is 1. The Kier molecular flexibility index (Phi) is 6.56. The summed E-state index contributed by atoms with van der Waals surface area (Å²) in [4.78, 5) is 11.6. The van der Waals surface area contributed by atoms with Gasteiger partial charge in [0.2, 0.25) is 0 Å². The summed E-state index contributed by atoms with van der Waals surface area (Å²) >= 11 is 0. The van der Waals surface area contributed by atoms with Gasteiger partial charge in [0.1, 0.15) is 11.5 Å². The Morgan fingerprint density at radius 2 is 1.85 bits per heavy atom. The summed E-state index contributed by atoms with van der Waals surface area (Å²) < 4.78 is 10.4. The number of hydrogen-bond acceptors (Lipinski definition) is 4. The van der Waals surface area contributed by atoms with E-state index >= 15 is 0 Å². The summed E-state index contributed by atoms with van der Waals surface area (Å²) in [7, 11) is 1.60. The van der Waals surface area contributed by atoms with E-state index in [9.17, 15) is 4.79 Å². The number of hydrogen-bond donors (Lipinski definition) is 1. The van der Waals surface area contributed by atoms with Crippen LogP contribution in [0.1, 0.15) is 27.2 Å². The zero-order valence-corrected chi connectivity index (χ0v) is 12.5. The second-order valence-corrected chi connectivity index (χ2v) is 4.61. The summed E-state index contributed by atoms with van der Waals surface area (Å²) in [6.07, 6.45) is 0.817. The lowest BCUT2D eigenvalue weighted by atomic mass is 10.1. The molecule has 0 aromatic heterocycles. The summed E-state index contributed by atoms with van der Waals surface area (Å²) in [5.74, 6) is 1.41. The van der Waals surface area contributed by atoms with E-state index in [4.69, 9.17) is 9.47 Å². The van der Waals surface area contributed by atoms with E-state index in [1.165, 1.54) is 0 Å². The third-order valence-electron chi connectivity index (χ3n) is 2.78. The second kappa shape index (κ2) is 8.19. The smallest absolute Gasteiger partial charge is 0.277 e. The van der Waals surface area contributed by atoms with E-state index in [-0.39, 0.29) is 12.5 Å². The molecular formula is C15H22N2O3. The number of rotatable bonds is 7. The molecule has 0 aliphatic carbocycles. The maximum absolute atomic E-state index is 11.6. The van der Waals surface area contributed by atoms with Crippen LogP contribution in [-0.2, 0) is 4.79 Å². The van der Waals surface area contributed by atoms with Gasteiger partial charge < -0.3 is 9.47 Å². The lowest BCUT2D eigenvalue weighted by Gasteiger charge is -2.09. The van der Waals surface area contributed by atoms with Crippen LogP contribution in [0.25, 0.3) is 0 Å². The molecule has 1 N–H and O–H groups in total. The Hall–Kier alpha value is -2.04. The molecule has 0 heterocycles. The number of amides is 1. The summed E-state index contributed by atoms with van der Waals surface area (Å²) in [5.41, 5.74) is 3.47. The van der Waals surface area contributed by atoms with Crippen LogP contribution in [0.15, 0.2) is 29.4 Å². The van der Waals surface area contributed by atoms with Gasteiger partial charge in [0.15, 0.2) is 6.61 Å². The Bertz CT molecular complexity index is 453. The van der Waals surface area contributed by atoms with Crippen molar-refractivity contribution >= 4 is 11.6 Å². The number of benzene rings is 1. The van der Waals surface area contributed by atoms with Gasteiger partial charge in [-0.05, 0) is 36.6 Å². The molecule has 0 fully saturated rings. The first kappa shape index (κ1) is 16.0. The standard InChI is InChI=1S/C15H22N2O3/c1-5-14(11(2)3)16-17-15(18)10-20-13-8-6-12(19-4)7-9-13/h6-9,11H,5,10H2,1-4H3,(H,17,18)/b16-14-. The van der Waals surface area contributed by atoms with Crippen molar-refractivity contribution in [3.63, 3.8) is 0 Å². The normalized spacial score (nSPS) is 11.3. The first-order chi connectivity index (χ1) is 9.56. The van der Waals surface area contributed by atoms with Gasteiger partial charge in [-0.1, -0.05) is 20.8 Å². The molecule has 0 aliphatic rings. The minimum atomic E-state index is -0.271. The number of methoxy groups -OCH3 is 1. The van der Waals surface area contributed by atoms with Gasteiger partial charge in [-0.2, -0.15) is 5.10 Å². The minimum Gasteiger partial charge on any atom is -0.497 e. The van der Waals surface area contributed by atoms with E-state index in [1.54, 1.807) is 31.4 Å². The predicted octanol–water partition coefficient (Wildman–Crippen LogP) is 2.61. The van der Waals surface area contributed by atoms with Crippen molar-refractivity contribution in [2.45, 2.75) is 27.2 Å². The van der Waals surface area contributed by atoms with Gasteiger partial charge in [0.25, 0.3) is 5.91 Å². The Morgan fingerprint density at radius 3 is 2.35 bits per heavy atom. The first-order valence-corrected chi connectivity index (χ1v) is 6.69. The zero-order valence-electron chi connectivity index (χ0n) is 12.5. The highest BCUT2D eigenvalue weighted by molar-refractivity contribution is 5.87. The van der Waals surface area contributed by atoms with Crippen LogP contribution in [0.5, 0.6) is 11.5 Å². The average Bonchev–Trinajstić information content (AvgIpc) is 2.46. The van der Waals surface area contributed by atoms with Crippen molar-refractivity contribution in [1.82, 2.24) is 5.43 Å². The molecule has 0 aliphatic heterocycles. The van der Waals surface area contributed by atoms with E-state index in [0.29, 0.717) is 11.7 Å². The number of ether oxygens (including phenoxy) is 2. The molecule has 110 valence electrons. The minimum absolute atomic E-state index is 0.0646. The fourth-order valence-corrected chi connectivity index (χ4v) is 1.60. The largest absolute Gasteiger partial charge is 0.497 e. The van der Waals surface area contributed by atoms with Crippen LogP contribution in [-0.4, -0.2) is 25.3 Å². The van der Waals surface area contributed by atoms with Crippen molar-refractivity contribution in [2.75, 3.05) is 13.7 Å². The van der Waals surface area contributed by atoms with Crippen LogP contribution in [0.4, 0.5) is 0 Å². The van der Waals surface area contributed by atoms with Gasteiger partial charge in [-0.15, -0.1) is 0 Å². The van der Waals surface area contributed by atoms with Crippen molar-refractivity contribution < 1.29 is 14.3 Å². The van der Waals surface area contributed by atoms with Crippen molar-refractivity contribution in [2.24, 2.45) is 11.0 Å². The number of nitrogens with one attached hydrogen (secondary N) is 1. The van der Waals surface area contributed by atoms with Crippen molar-refractivity contribution in [3.8, 4) is 11.5 Å². The van der Waals surface area contributed by atoms with Gasteiger partial charge in [-0.3, -0.25) is 4.79 Å². The van der Waals surface area contributed by atoms with Gasteiger partial charge in [-0.25, -0.2) is 5.43 Å². The lowest BCUT2D eigenvalue weighted by molar-refractivity contribution is -0.123. The quantitative estimate of drug-likeness (QED) is 0.616. The summed E-state index contributed by atoms with van der Waals surface area (Å²) in [5, 5.41) is 4.10. The van der Waals surface area contributed by atoms with Crippen molar-refractivity contribution in [1.29, 1.82) is 0 Å². The molecule has 1 aromatic carbocycles. The van der Waals surface area contributed by atoms with Gasteiger partial charge in [0, 0.05) is 5.71 Å². The van der Waals surface area contributed by atoms with Crippen LogP contribution in [0, 0.1) is 5.92 Å². The first-order valence-electron chi connectivity index (χ1n) is 6.69. The van der Waals surface area contributed by atoms with Crippen LogP contribution >= 0.6 is 0 Å². The van der Waals surface area contributed by atoms with E-state index in [2.05, 4.69) is 10.5 Å². The Labute approximate surface area is 120 Å². The highest BCUT2D eigenvalue weighted by Crippen LogP contribution is 2.16. The zero-order chi connectivity index (χ0) is 15.0. The van der Waals surface area contributed by atoms with Crippen LogP contribution < -0.4 is 14.9 Å². The van der Waals surface area contributed by atoms with Crippen LogP contribution in [0.2, 0.25) is 0 Å². The molecule has 5 heteroatoms. The lowest BCUT2D eigenvalue weighted by Crippen LogP contribution is -2.26. The van der Waals surface area contributed by atoms with E-state index in [1.807, 2.05) is 20.8 Å². The maximum Gasteiger partial charge on any atom is 0.277 e. The Balaban J connectivity index is 2.42. The molecule has 0 radical (unpaired) electrons. The monoisotopic (exact) mass is 278 g/mol. The summed E-state index contributed by atoms with van der Waals surface area (Å²) in [6, 6.07) is 7.06. The molecule has 0 saturated heterocycles. The molecule has 5 nitrogen and oxygen atoms in total. The van der Waals surface area contributed by atoms with Gasteiger partial charge in [0.05, 0.1) is 7.11 Å². The molecule has 1 aromatic rings. The van der Waals surface area contributed by atoms with Crippen LogP contribution in [0.3, 0.4) is 0 Å². The summed E-state index contributed by atoms with van der Waals surface area (Å²) in [6.45, 7) is 6.04. The number of carbonyl (C=O) groups is 1. The second-order valence-electron chi connectivity index (χ2n) is 4.61. The molecule has 0 atom stereocenters. The third kappa shape index (κ3) is 5.30. The molecule has 0 spiro atoms. The topological polar surface area (TPSA) is 59.9 Å². The van der Waals surface area contributed by atoms with E-state index < -0.39 is 0 Å². The third-order valence-corrected chi connectivity index (χ3v) is 2.78. The highest BCUT2D eigenvalue weighted by atomic mass is 16.5. The Morgan fingerprint density at radius 1 is 1.25 bits per heavy atom. The van der Waals surface area contributed by atoms with E-state index in [0.717, 1.165) is 17.9 Å². The highest BCUT2D eigenvalue weighted by Gasteiger charge is 2.05. The fourth-order valence-electron chi connectivity index (χ4n) is 1.60. The van der Waals surface area contributed by atoms with Gasteiger partial charge >= 0.3 is 0 Å². The SMILES string of the molecule is CC/C(=N/NC(=O)COc1ccc(OC)cc1)C(C)C. The molecule has 1 rings (SSSR count). The molecular weight excluding hydrogens is 256 g/mol. The molecule has 1 amide bonds. The maximum atomic E-state index is 11.6. The number of hydrazone groups is 1. The molecule has 0 unspecified atom stereocenters. The molecule has 0 bridgehead atoms. The molecule has 0 saturated carbocycles. The molecule has 20 heavy (non-hydrogen) atoms. The fraction of sp³-hybridized carbons (Fsp3) is 0.467.